The van der Waals surface area contributed by atoms with Crippen molar-refractivity contribution < 1.29 is 9.53 Å². The lowest BCUT2D eigenvalue weighted by atomic mass is 10.0. The van der Waals surface area contributed by atoms with Crippen molar-refractivity contribution >= 4 is 17.5 Å². The van der Waals surface area contributed by atoms with Crippen LogP contribution in [0.2, 0.25) is 0 Å². The number of carbonyl (C=O) groups excluding carboxylic acids is 1. The summed E-state index contributed by atoms with van der Waals surface area (Å²) in [4.78, 5) is 11.5. The molecule has 0 aliphatic carbocycles. The van der Waals surface area contributed by atoms with E-state index in [1.165, 1.54) is 0 Å². The zero-order valence-electron chi connectivity index (χ0n) is 9.18. The predicted octanol–water partition coefficient (Wildman–Crippen LogP) is 1.79. The van der Waals surface area contributed by atoms with Gasteiger partial charge in [0, 0.05) is 19.6 Å². The summed E-state index contributed by atoms with van der Waals surface area (Å²) in [5.74, 6) is 0.207. The Hall–Kier alpha value is -0.280. The van der Waals surface area contributed by atoms with Crippen molar-refractivity contribution in [1.29, 1.82) is 0 Å². The molecular weight excluding hydrogens is 202 g/mol. The van der Waals surface area contributed by atoms with Gasteiger partial charge in [-0.05, 0) is 12.8 Å². The summed E-state index contributed by atoms with van der Waals surface area (Å²) in [6, 6.07) is 0. The quantitative estimate of drug-likeness (QED) is 0.666. The largest absolute Gasteiger partial charge is 0.383 e. The molecule has 0 saturated carbocycles. The van der Waals surface area contributed by atoms with Crippen molar-refractivity contribution in [2.75, 3.05) is 20.3 Å². The molecule has 0 saturated heterocycles. The molecule has 4 heteroatoms. The highest BCUT2D eigenvalue weighted by atomic mass is 35.5. The van der Waals surface area contributed by atoms with E-state index >= 15 is 0 Å². The molecule has 1 N–H and O–H groups in total. The zero-order chi connectivity index (χ0) is 11.0. The van der Waals surface area contributed by atoms with Crippen molar-refractivity contribution in [1.82, 2.24) is 5.32 Å². The number of hydrogen-bond acceptors (Lipinski definition) is 2. The summed E-state index contributed by atoms with van der Waals surface area (Å²) in [5, 5.41) is 2.68. The Kier molecular flexibility index (Phi) is 7.90. The number of amides is 1. The molecule has 14 heavy (non-hydrogen) atoms. The standard InChI is InChI=1S/C10H20ClNO2/c1-4-8(5-2)10(13)12-6-9(11)7-14-3/h8-9H,4-7H2,1-3H3,(H,12,13). The summed E-state index contributed by atoms with van der Waals surface area (Å²) in [6.45, 7) is 4.97. The molecule has 0 spiro atoms. The van der Waals surface area contributed by atoms with Gasteiger partial charge in [0.25, 0.3) is 0 Å². The number of rotatable bonds is 7. The molecule has 1 amide bonds. The van der Waals surface area contributed by atoms with Crippen molar-refractivity contribution in [2.24, 2.45) is 5.92 Å². The van der Waals surface area contributed by atoms with E-state index in [2.05, 4.69) is 5.32 Å². The van der Waals surface area contributed by atoms with Crippen LogP contribution in [0.4, 0.5) is 0 Å². The number of methoxy groups -OCH3 is 1. The van der Waals surface area contributed by atoms with Crippen molar-refractivity contribution in [3.8, 4) is 0 Å². The van der Waals surface area contributed by atoms with E-state index in [1.807, 2.05) is 13.8 Å². The van der Waals surface area contributed by atoms with E-state index in [-0.39, 0.29) is 17.2 Å². The van der Waals surface area contributed by atoms with Gasteiger partial charge in [0.2, 0.25) is 5.91 Å². The molecule has 0 radical (unpaired) electrons. The summed E-state index contributed by atoms with van der Waals surface area (Å²) < 4.78 is 4.87. The maximum Gasteiger partial charge on any atom is 0.223 e. The molecule has 1 unspecified atom stereocenters. The van der Waals surface area contributed by atoms with Crippen LogP contribution >= 0.6 is 11.6 Å². The van der Waals surface area contributed by atoms with Crippen LogP contribution in [0.15, 0.2) is 0 Å². The van der Waals surface area contributed by atoms with Crippen molar-refractivity contribution in [3.05, 3.63) is 0 Å². The SMILES string of the molecule is CCC(CC)C(=O)NCC(Cl)COC. The lowest BCUT2D eigenvalue weighted by Crippen LogP contribution is -2.35. The molecule has 0 aliphatic heterocycles. The van der Waals surface area contributed by atoms with E-state index in [0.29, 0.717) is 13.2 Å². The summed E-state index contributed by atoms with van der Waals surface area (Å²) in [5.41, 5.74) is 0. The minimum Gasteiger partial charge on any atom is -0.383 e. The van der Waals surface area contributed by atoms with Gasteiger partial charge >= 0.3 is 0 Å². The first-order chi connectivity index (χ1) is 6.65. The summed E-state index contributed by atoms with van der Waals surface area (Å²) >= 11 is 5.88. The number of ether oxygens (including phenoxy) is 1. The maximum atomic E-state index is 11.5. The Morgan fingerprint density at radius 3 is 2.43 bits per heavy atom. The molecule has 1 atom stereocenters. The number of nitrogens with one attached hydrogen (secondary N) is 1. The molecule has 3 nitrogen and oxygen atoms in total. The minimum absolute atomic E-state index is 0.0942. The molecule has 0 rings (SSSR count). The third kappa shape index (κ3) is 5.45. The Labute approximate surface area is 91.2 Å². The molecule has 0 bridgehead atoms. The van der Waals surface area contributed by atoms with Gasteiger partial charge in [-0.15, -0.1) is 11.6 Å². The number of halogens is 1. The molecule has 84 valence electrons. The highest BCUT2D eigenvalue weighted by molar-refractivity contribution is 6.21. The number of hydrogen-bond donors (Lipinski definition) is 1. The van der Waals surface area contributed by atoms with Gasteiger partial charge < -0.3 is 10.1 Å². The predicted molar refractivity (Wildman–Crippen MR) is 58.6 cm³/mol. The Morgan fingerprint density at radius 1 is 1.43 bits per heavy atom. The van der Waals surface area contributed by atoms with Crippen LogP contribution < -0.4 is 5.32 Å². The van der Waals surface area contributed by atoms with Crippen molar-refractivity contribution in [3.63, 3.8) is 0 Å². The van der Waals surface area contributed by atoms with E-state index in [4.69, 9.17) is 16.3 Å². The fraction of sp³-hybridized carbons (Fsp3) is 0.900. The highest BCUT2D eigenvalue weighted by Crippen LogP contribution is 2.07. The van der Waals surface area contributed by atoms with Gasteiger partial charge in [0.05, 0.1) is 12.0 Å². The first kappa shape index (κ1) is 13.7. The van der Waals surface area contributed by atoms with Gasteiger partial charge in [-0.1, -0.05) is 13.8 Å². The van der Waals surface area contributed by atoms with Crippen LogP contribution in [-0.2, 0) is 9.53 Å². The van der Waals surface area contributed by atoms with E-state index in [9.17, 15) is 4.79 Å². The molecule has 0 fully saturated rings. The third-order valence-corrected chi connectivity index (χ3v) is 2.48. The highest BCUT2D eigenvalue weighted by Gasteiger charge is 2.14. The summed E-state index contributed by atoms with van der Waals surface area (Å²) in [7, 11) is 1.60. The van der Waals surface area contributed by atoms with Crippen LogP contribution in [0.3, 0.4) is 0 Å². The van der Waals surface area contributed by atoms with Crippen LogP contribution in [0, 0.1) is 5.92 Å². The number of alkyl halides is 1. The molecular formula is C10H20ClNO2. The van der Waals surface area contributed by atoms with E-state index < -0.39 is 0 Å². The maximum absolute atomic E-state index is 11.5. The lowest BCUT2D eigenvalue weighted by Gasteiger charge is -2.14. The van der Waals surface area contributed by atoms with Gasteiger partial charge in [0.15, 0.2) is 0 Å². The monoisotopic (exact) mass is 221 g/mol. The number of carbonyl (C=O) groups is 1. The van der Waals surface area contributed by atoms with Crippen LogP contribution in [0.5, 0.6) is 0 Å². The average molecular weight is 222 g/mol. The topological polar surface area (TPSA) is 38.3 Å². The van der Waals surface area contributed by atoms with Crippen molar-refractivity contribution in [2.45, 2.75) is 32.1 Å². The Bertz CT molecular complexity index is 160. The first-order valence-electron chi connectivity index (χ1n) is 5.06. The second-order valence-corrected chi connectivity index (χ2v) is 3.93. The Balaban J connectivity index is 3.71. The fourth-order valence-electron chi connectivity index (χ4n) is 1.25. The average Bonchev–Trinajstić information content (AvgIpc) is 2.17. The first-order valence-corrected chi connectivity index (χ1v) is 5.50. The molecule has 0 heterocycles. The molecule has 0 aromatic heterocycles. The lowest BCUT2D eigenvalue weighted by molar-refractivity contribution is -0.125. The van der Waals surface area contributed by atoms with Crippen LogP contribution in [-0.4, -0.2) is 31.5 Å². The van der Waals surface area contributed by atoms with E-state index in [0.717, 1.165) is 12.8 Å². The smallest absolute Gasteiger partial charge is 0.223 e. The third-order valence-electron chi connectivity index (χ3n) is 2.20. The second kappa shape index (κ2) is 8.06. The van der Waals surface area contributed by atoms with Crippen LogP contribution in [0.25, 0.3) is 0 Å². The van der Waals surface area contributed by atoms with Crippen LogP contribution in [0.1, 0.15) is 26.7 Å². The van der Waals surface area contributed by atoms with Gasteiger partial charge in [-0.3, -0.25) is 4.79 Å². The van der Waals surface area contributed by atoms with Gasteiger partial charge in [0.1, 0.15) is 0 Å². The molecule has 0 aromatic rings. The molecule has 0 aromatic carbocycles. The normalized spacial score (nSPS) is 12.9. The Morgan fingerprint density at radius 2 is 2.00 bits per heavy atom. The fourth-order valence-corrected chi connectivity index (χ4v) is 1.46. The zero-order valence-corrected chi connectivity index (χ0v) is 9.93. The minimum atomic E-state index is -0.140. The van der Waals surface area contributed by atoms with E-state index in [1.54, 1.807) is 7.11 Å². The van der Waals surface area contributed by atoms with Gasteiger partial charge in [-0.2, -0.15) is 0 Å². The second-order valence-electron chi connectivity index (χ2n) is 3.31. The van der Waals surface area contributed by atoms with Gasteiger partial charge in [-0.25, -0.2) is 0 Å². The summed E-state index contributed by atoms with van der Waals surface area (Å²) in [6.07, 6.45) is 1.75. The molecule has 0 aliphatic rings.